The molecule has 1 amide bonds. The van der Waals surface area contributed by atoms with E-state index in [1.54, 1.807) is 10.6 Å². The topological polar surface area (TPSA) is 60.4 Å². The summed E-state index contributed by atoms with van der Waals surface area (Å²) in [7, 11) is 0. The van der Waals surface area contributed by atoms with Crippen LogP contribution >= 0.6 is 0 Å². The zero-order valence-corrected chi connectivity index (χ0v) is 7.19. The summed E-state index contributed by atoms with van der Waals surface area (Å²) in [4.78, 5) is 14.9. The Morgan fingerprint density at radius 3 is 3.08 bits per heavy atom. The van der Waals surface area contributed by atoms with Crippen molar-refractivity contribution in [3.8, 4) is 0 Å². The quantitative estimate of drug-likeness (QED) is 0.694. The molecule has 13 heavy (non-hydrogen) atoms. The molecule has 0 unspecified atom stereocenters. The number of rotatable bonds is 1. The third-order valence-corrected chi connectivity index (χ3v) is 1.87. The lowest BCUT2D eigenvalue weighted by atomic mass is 10.3. The van der Waals surface area contributed by atoms with Crippen LogP contribution < -0.4 is 5.73 Å². The number of carbonyl (C=O) groups excluding carboxylic acids is 1. The highest BCUT2D eigenvalue weighted by Crippen LogP contribution is 2.06. The van der Waals surface area contributed by atoms with Crippen molar-refractivity contribution in [3.63, 3.8) is 0 Å². The lowest BCUT2D eigenvalue weighted by Crippen LogP contribution is -2.10. The number of hydrogen-bond donors (Lipinski definition) is 1. The first kappa shape index (κ1) is 7.79. The Bertz CT molecular complexity index is 473. The van der Waals surface area contributed by atoms with Crippen molar-refractivity contribution < 1.29 is 4.79 Å². The number of amides is 1. The second-order valence-electron chi connectivity index (χ2n) is 2.96. The third-order valence-electron chi connectivity index (χ3n) is 1.87. The second kappa shape index (κ2) is 2.58. The minimum Gasteiger partial charge on any atom is -0.364 e. The van der Waals surface area contributed by atoms with Gasteiger partial charge in [0.25, 0.3) is 5.91 Å². The monoisotopic (exact) mass is 175 g/mol. The van der Waals surface area contributed by atoms with E-state index >= 15 is 0 Å². The van der Waals surface area contributed by atoms with Crippen LogP contribution in [0.5, 0.6) is 0 Å². The van der Waals surface area contributed by atoms with Gasteiger partial charge < -0.3 is 10.1 Å². The van der Waals surface area contributed by atoms with E-state index in [0.29, 0.717) is 5.69 Å². The Kier molecular flexibility index (Phi) is 1.55. The molecule has 0 fully saturated rings. The summed E-state index contributed by atoms with van der Waals surface area (Å²) < 4.78 is 1.77. The number of hydrogen-bond acceptors (Lipinski definition) is 2. The Morgan fingerprint density at radius 2 is 2.38 bits per heavy atom. The van der Waals surface area contributed by atoms with Gasteiger partial charge in [-0.1, -0.05) is 0 Å². The maximum Gasteiger partial charge on any atom is 0.268 e. The summed E-state index contributed by atoms with van der Waals surface area (Å²) in [6, 6.07) is 3.84. The number of nitrogens with zero attached hydrogens (tertiary/aromatic N) is 2. The van der Waals surface area contributed by atoms with Crippen LogP contribution in [-0.2, 0) is 0 Å². The molecule has 2 aromatic rings. The fourth-order valence-electron chi connectivity index (χ4n) is 1.20. The molecule has 4 nitrogen and oxygen atoms in total. The van der Waals surface area contributed by atoms with E-state index in [1.165, 1.54) is 0 Å². The molecule has 0 aliphatic rings. The van der Waals surface area contributed by atoms with Crippen molar-refractivity contribution in [3.05, 3.63) is 35.8 Å². The summed E-state index contributed by atoms with van der Waals surface area (Å²) >= 11 is 0. The van der Waals surface area contributed by atoms with Gasteiger partial charge in [0.05, 0.1) is 0 Å². The molecule has 2 heterocycles. The van der Waals surface area contributed by atoms with Crippen LogP contribution in [0.4, 0.5) is 0 Å². The van der Waals surface area contributed by atoms with Gasteiger partial charge in [-0.2, -0.15) is 0 Å². The molecular weight excluding hydrogens is 166 g/mol. The first-order valence-corrected chi connectivity index (χ1v) is 3.92. The molecule has 0 aromatic carbocycles. The van der Waals surface area contributed by atoms with E-state index in [9.17, 15) is 4.79 Å². The molecule has 2 N–H and O–H groups in total. The van der Waals surface area contributed by atoms with Crippen LogP contribution in [0.1, 0.15) is 16.1 Å². The van der Waals surface area contributed by atoms with E-state index in [2.05, 4.69) is 4.98 Å². The highest BCUT2D eigenvalue weighted by atomic mass is 16.1. The van der Waals surface area contributed by atoms with Crippen LogP contribution in [0.25, 0.3) is 5.65 Å². The molecule has 0 saturated carbocycles. The minimum absolute atomic E-state index is 0.297. The fourth-order valence-corrected chi connectivity index (χ4v) is 1.20. The standard InChI is InChI=1S/C9H9N3O/c1-6-2-3-12-5-7(9(10)13)11-8(12)4-6/h2-5H,1H3,(H2,10,13). The predicted molar refractivity (Wildman–Crippen MR) is 48.4 cm³/mol. The van der Waals surface area contributed by atoms with Gasteiger partial charge in [0.15, 0.2) is 0 Å². The molecule has 66 valence electrons. The first-order chi connectivity index (χ1) is 6.16. The highest BCUT2D eigenvalue weighted by molar-refractivity contribution is 5.91. The van der Waals surface area contributed by atoms with Gasteiger partial charge in [-0.15, -0.1) is 0 Å². The minimum atomic E-state index is -0.499. The van der Waals surface area contributed by atoms with Crippen LogP contribution in [0.15, 0.2) is 24.5 Å². The Hall–Kier alpha value is -1.84. The van der Waals surface area contributed by atoms with E-state index in [1.807, 2.05) is 25.3 Å². The summed E-state index contributed by atoms with van der Waals surface area (Å²) in [6.07, 6.45) is 3.47. The molecule has 2 rings (SSSR count). The number of nitrogens with two attached hydrogens (primary N) is 1. The summed E-state index contributed by atoms with van der Waals surface area (Å²) in [5.74, 6) is -0.499. The third kappa shape index (κ3) is 1.26. The van der Waals surface area contributed by atoms with E-state index in [-0.39, 0.29) is 0 Å². The molecule has 0 bridgehead atoms. The molecule has 0 aliphatic heterocycles. The number of imidazole rings is 1. The number of pyridine rings is 1. The zero-order chi connectivity index (χ0) is 9.42. The molecule has 0 spiro atoms. The van der Waals surface area contributed by atoms with E-state index < -0.39 is 5.91 Å². The number of carbonyl (C=O) groups is 1. The molecule has 0 saturated heterocycles. The Labute approximate surface area is 75.0 Å². The van der Waals surface area contributed by atoms with Crippen molar-refractivity contribution in [1.82, 2.24) is 9.38 Å². The summed E-state index contributed by atoms with van der Waals surface area (Å²) in [5.41, 5.74) is 7.25. The maximum absolute atomic E-state index is 10.8. The van der Waals surface area contributed by atoms with Crippen LogP contribution in [0, 0.1) is 6.92 Å². The van der Waals surface area contributed by atoms with Gasteiger partial charge in [-0.25, -0.2) is 4.98 Å². The summed E-state index contributed by atoms with van der Waals surface area (Å²) in [6.45, 7) is 1.97. The van der Waals surface area contributed by atoms with Crippen molar-refractivity contribution in [1.29, 1.82) is 0 Å². The maximum atomic E-state index is 10.8. The van der Waals surface area contributed by atoms with Gasteiger partial charge >= 0.3 is 0 Å². The fraction of sp³-hybridized carbons (Fsp3) is 0.111. The van der Waals surface area contributed by atoms with Crippen molar-refractivity contribution in [2.24, 2.45) is 5.73 Å². The lowest BCUT2D eigenvalue weighted by molar-refractivity contribution is 0.0996. The van der Waals surface area contributed by atoms with Gasteiger partial charge in [-0.05, 0) is 24.6 Å². The number of aromatic nitrogens is 2. The average molecular weight is 175 g/mol. The van der Waals surface area contributed by atoms with Gasteiger partial charge in [0.2, 0.25) is 0 Å². The molecule has 0 radical (unpaired) electrons. The predicted octanol–water partition coefficient (Wildman–Crippen LogP) is 0.742. The Balaban J connectivity index is 2.68. The number of primary amides is 1. The van der Waals surface area contributed by atoms with Gasteiger partial charge in [-0.3, -0.25) is 4.79 Å². The normalized spacial score (nSPS) is 10.5. The lowest BCUT2D eigenvalue weighted by Gasteiger charge is -1.92. The van der Waals surface area contributed by atoms with Crippen LogP contribution in [0.3, 0.4) is 0 Å². The van der Waals surface area contributed by atoms with E-state index in [0.717, 1.165) is 11.2 Å². The smallest absolute Gasteiger partial charge is 0.268 e. The SMILES string of the molecule is Cc1ccn2cc(C(N)=O)nc2c1. The number of fused-ring (bicyclic) bond motifs is 1. The van der Waals surface area contributed by atoms with Crippen LogP contribution in [-0.4, -0.2) is 15.3 Å². The average Bonchev–Trinajstić information content (AvgIpc) is 2.46. The van der Waals surface area contributed by atoms with Gasteiger partial charge in [0, 0.05) is 12.4 Å². The zero-order valence-electron chi connectivity index (χ0n) is 7.19. The summed E-state index contributed by atoms with van der Waals surface area (Å²) in [5, 5.41) is 0. The van der Waals surface area contributed by atoms with Crippen LogP contribution in [0.2, 0.25) is 0 Å². The molecule has 0 atom stereocenters. The number of aryl methyl sites for hydroxylation is 1. The van der Waals surface area contributed by atoms with Crippen molar-refractivity contribution in [2.75, 3.05) is 0 Å². The van der Waals surface area contributed by atoms with Crippen molar-refractivity contribution >= 4 is 11.6 Å². The largest absolute Gasteiger partial charge is 0.364 e. The molecule has 0 aliphatic carbocycles. The second-order valence-corrected chi connectivity index (χ2v) is 2.96. The highest BCUT2D eigenvalue weighted by Gasteiger charge is 2.05. The van der Waals surface area contributed by atoms with Gasteiger partial charge in [0.1, 0.15) is 11.3 Å². The Morgan fingerprint density at radius 1 is 1.62 bits per heavy atom. The van der Waals surface area contributed by atoms with E-state index in [4.69, 9.17) is 5.73 Å². The van der Waals surface area contributed by atoms with Crippen molar-refractivity contribution in [2.45, 2.75) is 6.92 Å². The first-order valence-electron chi connectivity index (χ1n) is 3.92. The molecular formula is C9H9N3O. The molecule has 4 heteroatoms. The molecule has 2 aromatic heterocycles.